The Bertz CT molecular complexity index is 441. The minimum absolute atomic E-state index is 0.0313. The largest absolute Gasteiger partial charge is 0.374 e. The van der Waals surface area contributed by atoms with Gasteiger partial charge in [0.05, 0.1) is 14.0 Å². The minimum atomic E-state index is 0.0313. The van der Waals surface area contributed by atoms with Crippen molar-refractivity contribution in [2.45, 2.75) is 44.7 Å². The number of hydrogen-bond acceptors (Lipinski definition) is 2. The van der Waals surface area contributed by atoms with Crippen molar-refractivity contribution in [2.24, 2.45) is 0 Å². The molecule has 2 heterocycles. The molecule has 0 aliphatic carbocycles. The van der Waals surface area contributed by atoms with E-state index in [4.69, 9.17) is 12.6 Å². The summed E-state index contributed by atoms with van der Waals surface area (Å²) in [7, 11) is 5.94. The molecule has 0 aromatic carbocycles. The molecule has 3 nitrogen and oxygen atoms in total. The van der Waals surface area contributed by atoms with Gasteiger partial charge >= 0.3 is 0 Å². The molecule has 0 amide bonds. The van der Waals surface area contributed by atoms with Gasteiger partial charge in [0.1, 0.15) is 0 Å². The molecule has 2 rings (SSSR count). The Labute approximate surface area is 103 Å². The Hall–Kier alpha value is -1.03. The van der Waals surface area contributed by atoms with Gasteiger partial charge in [0.15, 0.2) is 0 Å². The highest BCUT2D eigenvalue weighted by atomic mass is 16.5. The van der Waals surface area contributed by atoms with E-state index in [9.17, 15) is 4.79 Å². The average molecular weight is 231 g/mol. The van der Waals surface area contributed by atoms with E-state index >= 15 is 0 Å². The summed E-state index contributed by atoms with van der Waals surface area (Å²) in [6, 6.07) is 3.63. The van der Waals surface area contributed by atoms with E-state index in [1.54, 1.807) is 10.6 Å². The molecule has 1 aliphatic rings. The van der Waals surface area contributed by atoms with Crippen molar-refractivity contribution in [3.05, 3.63) is 34.2 Å². The van der Waals surface area contributed by atoms with Crippen molar-refractivity contribution < 1.29 is 4.74 Å². The first kappa shape index (κ1) is 12.4. The molecule has 0 spiro atoms. The zero-order valence-electron chi connectivity index (χ0n) is 10.4. The fourth-order valence-electron chi connectivity index (χ4n) is 2.17. The van der Waals surface area contributed by atoms with Crippen LogP contribution in [0.1, 0.15) is 44.4 Å². The Kier molecular flexibility index (Phi) is 3.72. The summed E-state index contributed by atoms with van der Waals surface area (Å²) in [4.78, 5) is 11.7. The van der Waals surface area contributed by atoms with Crippen LogP contribution in [0, 0.1) is 0 Å². The normalized spacial score (nSPS) is 25.1. The maximum atomic E-state index is 11.7. The molecule has 2 unspecified atom stereocenters. The number of ether oxygens (including phenoxy) is 1. The van der Waals surface area contributed by atoms with Crippen LogP contribution < -0.4 is 5.56 Å². The molecular formula is C13H18BNO2. The number of hydrogen-bond donors (Lipinski definition) is 0. The fraction of sp³-hybridized carbons (Fsp3) is 0.615. The lowest BCUT2D eigenvalue weighted by molar-refractivity contribution is 0.0150. The van der Waals surface area contributed by atoms with Crippen molar-refractivity contribution in [3.63, 3.8) is 0 Å². The molecule has 0 N–H and O–H groups in total. The summed E-state index contributed by atoms with van der Waals surface area (Å²) in [6.07, 6.45) is 3.68. The Morgan fingerprint density at radius 1 is 1.47 bits per heavy atom. The van der Waals surface area contributed by atoms with Crippen LogP contribution >= 0.6 is 0 Å². The second-order valence-electron chi connectivity index (χ2n) is 4.95. The molecular weight excluding hydrogens is 213 g/mol. The molecule has 1 aromatic rings. The highest BCUT2D eigenvalue weighted by Crippen LogP contribution is 2.32. The van der Waals surface area contributed by atoms with Gasteiger partial charge in [-0.1, -0.05) is 5.82 Å². The zero-order chi connectivity index (χ0) is 12.4. The second-order valence-corrected chi connectivity index (χ2v) is 4.95. The summed E-state index contributed by atoms with van der Waals surface area (Å²) in [6.45, 7) is 4.70. The van der Waals surface area contributed by atoms with Crippen molar-refractivity contribution in [3.8, 4) is 0 Å². The molecule has 1 aliphatic heterocycles. The average Bonchev–Trinajstić information content (AvgIpc) is 2.29. The van der Waals surface area contributed by atoms with Gasteiger partial charge in [0.2, 0.25) is 0 Å². The van der Waals surface area contributed by atoms with Gasteiger partial charge in [0, 0.05) is 24.9 Å². The zero-order valence-corrected chi connectivity index (χ0v) is 10.4. The van der Waals surface area contributed by atoms with Crippen LogP contribution in [0.3, 0.4) is 0 Å². The maximum Gasteiger partial charge on any atom is 0.250 e. The second kappa shape index (κ2) is 5.09. The molecule has 0 bridgehead atoms. The smallest absolute Gasteiger partial charge is 0.250 e. The van der Waals surface area contributed by atoms with E-state index < -0.39 is 0 Å². The molecule has 2 atom stereocenters. The SMILES string of the molecule is [B]C1CCOC(c2ccc(=O)n(C(C)C)c2)C1. The third-order valence-corrected chi connectivity index (χ3v) is 3.21. The number of nitrogens with zero attached hydrogens (tertiary/aromatic N) is 1. The standard InChI is InChI=1S/C13H18BNO2/c1-9(2)15-8-10(3-4-13(15)16)12-7-11(14)5-6-17-12/h3-4,8-9,11-12H,5-7H2,1-2H3. The summed E-state index contributed by atoms with van der Waals surface area (Å²) < 4.78 is 7.45. The molecule has 0 saturated carbocycles. The first-order chi connectivity index (χ1) is 8.08. The van der Waals surface area contributed by atoms with Crippen LogP contribution in [-0.4, -0.2) is 19.0 Å². The number of aromatic nitrogens is 1. The van der Waals surface area contributed by atoms with E-state index in [-0.39, 0.29) is 23.5 Å². The van der Waals surface area contributed by atoms with E-state index in [1.165, 1.54) is 0 Å². The summed E-state index contributed by atoms with van der Waals surface area (Å²) in [5.41, 5.74) is 1.08. The molecule has 1 saturated heterocycles. The van der Waals surface area contributed by atoms with Crippen molar-refractivity contribution in [1.29, 1.82) is 0 Å². The highest BCUT2D eigenvalue weighted by molar-refractivity contribution is 6.11. The van der Waals surface area contributed by atoms with Gasteiger partial charge in [-0.2, -0.15) is 0 Å². The quantitative estimate of drug-likeness (QED) is 0.731. The number of pyridine rings is 1. The van der Waals surface area contributed by atoms with Crippen molar-refractivity contribution in [2.75, 3.05) is 6.61 Å². The van der Waals surface area contributed by atoms with Crippen LogP contribution in [0.25, 0.3) is 0 Å². The topological polar surface area (TPSA) is 31.2 Å². The van der Waals surface area contributed by atoms with Gasteiger partial charge in [-0.25, -0.2) is 0 Å². The predicted octanol–water partition coefficient (Wildman–Crippen LogP) is 2.24. The predicted molar refractivity (Wildman–Crippen MR) is 68.5 cm³/mol. The molecule has 17 heavy (non-hydrogen) atoms. The van der Waals surface area contributed by atoms with Crippen LogP contribution in [0.2, 0.25) is 5.82 Å². The van der Waals surface area contributed by atoms with Crippen molar-refractivity contribution in [1.82, 2.24) is 4.57 Å². The molecule has 2 radical (unpaired) electrons. The molecule has 90 valence electrons. The lowest BCUT2D eigenvalue weighted by atomic mass is 9.78. The maximum absolute atomic E-state index is 11.7. The van der Waals surface area contributed by atoms with Crippen molar-refractivity contribution >= 4 is 7.85 Å². The van der Waals surface area contributed by atoms with Gasteiger partial charge in [-0.15, -0.1) is 0 Å². The minimum Gasteiger partial charge on any atom is -0.374 e. The lowest BCUT2D eigenvalue weighted by Gasteiger charge is -2.28. The van der Waals surface area contributed by atoms with Crippen LogP contribution in [0.4, 0.5) is 0 Å². The van der Waals surface area contributed by atoms with E-state index in [0.29, 0.717) is 6.61 Å². The Balaban J connectivity index is 2.26. The lowest BCUT2D eigenvalue weighted by Crippen LogP contribution is -2.23. The highest BCUT2D eigenvalue weighted by Gasteiger charge is 2.21. The third-order valence-electron chi connectivity index (χ3n) is 3.21. The molecule has 1 fully saturated rings. The monoisotopic (exact) mass is 231 g/mol. The van der Waals surface area contributed by atoms with Gasteiger partial charge < -0.3 is 9.30 Å². The summed E-state index contributed by atoms with van der Waals surface area (Å²) in [5.74, 6) is 0.202. The van der Waals surface area contributed by atoms with E-state index in [0.717, 1.165) is 18.4 Å². The first-order valence-corrected chi connectivity index (χ1v) is 6.17. The summed E-state index contributed by atoms with van der Waals surface area (Å²) >= 11 is 0. The Morgan fingerprint density at radius 2 is 2.24 bits per heavy atom. The molecule has 1 aromatic heterocycles. The van der Waals surface area contributed by atoms with Gasteiger partial charge in [-0.05, 0) is 38.3 Å². The number of rotatable bonds is 2. The Morgan fingerprint density at radius 3 is 2.88 bits per heavy atom. The summed E-state index contributed by atoms with van der Waals surface area (Å²) in [5, 5.41) is 0. The fourth-order valence-corrected chi connectivity index (χ4v) is 2.17. The first-order valence-electron chi connectivity index (χ1n) is 6.17. The third kappa shape index (κ3) is 2.81. The van der Waals surface area contributed by atoms with Crippen LogP contribution in [-0.2, 0) is 4.74 Å². The van der Waals surface area contributed by atoms with Crippen LogP contribution in [0.5, 0.6) is 0 Å². The van der Waals surface area contributed by atoms with Gasteiger partial charge in [0.25, 0.3) is 5.56 Å². The van der Waals surface area contributed by atoms with Gasteiger partial charge in [-0.3, -0.25) is 4.79 Å². The van der Waals surface area contributed by atoms with E-state index in [1.807, 2.05) is 26.1 Å². The van der Waals surface area contributed by atoms with Crippen LogP contribution in [0.15, 0.2) is 23.1 Å². The molecule has 4 heteroatoms. The van der Waals surface area contributed by atoms with E-state index in [2.05, 4.69) is 0 Å².